The van der Waals surface area contributed by atoms with Gasteiger partial charge < -0.3 is 10.2 Å². The summed E-state index contributed by atoms with van der Waals surface area (Å²) in [6, 6.07) is 8.38. The summed E-state index contributed by atoms with van der Waals surface area (Å²) >= 11 is 0. The molecule has 0 radical (unpaired) electrons. The molecular formula is C17H19N3O. The van der Waals surface area contributed by atoms with Gasteiger partial charge in [-0.3, -0.25) is 4.79 Å². The van der Waals surface area contributed by atoms with Crippen LogP contribution in [0.3, 0.4) is 0 Å². The highest BCUT2D eigenvalue weighted by molar-refractivity contribution is 6.05. The van der Waals surface area contributed by atoms with Crippen molar-refractivity contribution in [3.8, 4) is 6.07 Å². The van der Waals surface area contributed by atoms with Gasteiger partial charge in [-0.1, -0.05) is 18.9 Å². The summed E-state index contributed by atoms with van der Waals surface area (Å²) in [5.41, 5.74) is 2.33. The van der Waals surface area contributed by atoms with E-state index in [2.05, 4.69) is 22.4 Å². The standard InChI is InChI=1S/C17H19N3O/c18-10-12-5-3-7-14-16(12)19-17(21)15-9-8-11-4-1-2-6-13(11)20(14)15/h3,5,7,11,13,15H,1-2,4,6,8-9H2,(H,19,21). The molecule has 3 unspecified atom stereocenters. The van der Waals surface area contributed by atoms with E-state index < -0.39 is 0 Å². The SMILES string of the molecule is N#Cc1cccc2c1NC(=O)C1CCC3CCCCC3N21. The maximum Gasteiger partial charge on any atom is 0.247 e. The van der Waals surface area contributed by atoms with Gasteiger partial charge in [0, 0.05) is 6.04 Å². The van der Waals surface area contributed by atoms with E-state index in [1.54, 1.807) is 6.07 Å². The summed E-state index contributed by atoms with van der Waals surface area (Å²) < 4.78 is 0. The Hall–Kier alpha value is -2.02. The maximum absolute atomic E-state index is 12.5. The zero-order valence-electron chi connectivity index (χ0n) is 12.0. The third-order valence-corrected chi connectivity index (χ3v) is 5.36. The Morgan fingerprint density at radius 2 is 2.05 bits per heavy atom. The molecule has 1 aliphatic carbocycles. The molecule has 1 saturated carbocycles. The molecule has 1 aromatic carbocycles. The number of hydrogen-bond donors (Lipinski definition) is 1. The Bertz CT molecular complexity index is 633. The molecule has 2 fully saturated rings. The van der Waals surface area contributed by atoms with E-state index in [9.17, 15) is 10.1 Å². The fourth-order valence-electron chi connectivity index (χ4n) is 4.42. The van der Waals surface area contributed by atoms with Crippen molar-refractivity contribution in [2.45, 2.75) is 50.6 Å². The topological polar surface area (TPSA) is 56.1 Å². The van der Waals surface area contributed by atoms with E-state index in [0.717, 1.165) is 18.5 Å². The highest BCUT2D eigenvalue weighted by Gasteiger charge is 2.44. The number of carbonyl (C=O) groups is 1. The van der Waals surface area contributed by atoms with Crippen molar-refractivity contribution in [2.24, 2.45) is 5.92 Å². The number of nitrogens with one attached hydrogen (secondary N) is 1. The van der Waals surface area contributed by atoms with Gasteiger partial charge in [0.15, 0.2) is 0 Å². The first-order valence-corrected chi connectivity index (χ1v) is 7.92. The molecule has 0 spiro atoms. The van der Waals surface area contributed by atoms with E-state index in [4.69, 9.17) is 0 Å². The number of nitrogens with zero attached hydrogens (tertiary/aromatic N) is 2. The van der Waals surface area contributed by atoms with Crippen LogP contribution in [0.2, 0.25) is 0 Å². The molecule has 1 aromatic rings. The van der Waals surface area contributed by atoms with Crippen molar-refractivity contribution in [3.05, 3.63) is 23.8 Å². The monoisotopic (exact) mass is 281 g/mol. The largest absolute Gasteiger partial charge is 0.355 e. The molecule has 0 bridgehead atoms. The molecule has 2 heterocycles. The number of para-hydroxylation sites is 1. The summed E-state index contributed by atoms with van der Waals surface area (Å²) in [4.78, 5) is 14.8. The maximum atomic E-state index is 12.5. The Labute approximate surface area is 124 Å². The first-order valence-electron chi connectivity index (χ1n) is 7.92. The fourth-order valence-corrected chi connectivity index (χ4v) is 4.42. The van der Waals surface area contributed by atoms with E-state index in [1.165, 1.54) is 25.7 Å². The third kappa shape index (κ3) is 1.84. The minimum absolute atomic E-state index is 0.0502. The van der Waals surface area contributed by atoms with E-state index >= 15 is 0 Å². The van der Waals surface area contributed by atoms with Gasteiger partial charge in [-0.05, 0) is 43.7 Å². The van der Waals surface area contributed by atoms with Crippen molar-refractivity contribution in [1.82, 2.24) is 0 Å². The van der Waals surface area contributed by atoms with Gasteiger partial charge in [-0.25, -0.2) is 0 Å². The Morgan fingerprint density at radius 1 is 1.19 bits per heavy atom. The molecule has 4 nitrogen and oxygen atoms in total. The van der Waals surface area contributed by atoms with Crippen LogP contribution in [0.25, 0.3) is 0 Å². The van der Waals surface area contributed by atoms with Crippen molar-refractivity contribution in [3.63, 3.8) is 0 Å². The van der Waals surface area contributed by atoms with Crippen LogP contribution in [0, 0.1) is 17.2 Å². The molecule has 1 N–H and O–H groups in total. The first kappa shape index (κ1) is 12.7. The lowest BCUT2D eigenvalue weighted by Gasteiger charge is -2.51. The van der Waals surface area contributed by atoms with E-state index in [0.29, 0.717) is 23.2 Å². The molecule has 3 atom stereocenters. The summed E-state index contributed by atoms with van der Waals surface area (Å²) in [7, 11) is 0. The predicted molar refractivity (Wildman–Crippen MR) is 81.0 cm³/mol. The number of hydrogen-bond acceptors (Lipinski definition) is 3. The van der Waals surface area contributed by atoms with Crippen LogP contribution in [0.5, 0.6) is 0 Å². The summed E-state index contributed by atoms with van der Waals surface area (Å²) in [6.07, 6.45) is 7.11. The minimum Gasteiger partial charge on any atom is -0.355 e. The van der Waals surface area contributed by atoms with Gasteiger partial charge in [0.05, 0.1) is 16.9 Å². The van der Waals surface area contributed by atoms with Crippen LogP contribution in [0.4, 0.5) is 11.4 Å². The predicted octanol–water partition coefficient (Wildman–Crippen LogP) is 3.04. The fraction of sp³-hybridized carbons (Fsp3) is 0.529. The van der Waals surface area contributed by atoms with Crippen molar-refractivity contribution < 1.29 is 4.79 Å². The van der Waals surface area contributed by atoms with Crippen LogP contribution < -0.4 is 10.2 Å². The van der Waals surface area contributed by atoms with Crippen LogP contribution in [-0.4, -0.2) is 18.0 Å². The number of amides is 1. The molecular weight excluding hydrogens is 262 g/mol. The molecule has 21 heavy (non-hydrogen) atoms. The van der Waals surface area contributed by atoms with E-state index in [1.807, 2.05) is 6.07 Å². The van der Waals surface area contributed by atoms with Crippen molar-refractivity contribution >= 4 is 17.3 Å². The van der Waals surface area contributed by atoms with E-state index in [-0.39, 0.29) is 11.9 Å². The Kier molecular flexibility index (Phi) is 2.88. The quantitative estimate of drug-likeness (QED) is 0.795. The highest BCUT2D eigenvalue weighted by atomic mass is 16.2. The number of rotatable bonds is 0. The molecule has 1 saturated heterocycles. The lowest BCUT2D eigenvalue weighted by molar-refractivity contribution is -0.118. The lowest BCUT2D eigenvalue weighted by atomic mass is 9.75. The van der Waals surface area contributed by atoms with Gasteiger partial charge >= 0.3 is 0 Å². The second-order valence-corrected chi connectivity index (χ2v) is 6.41. The number of benzene rings is 1. The number of nitriles is 1. The number of carbonyl (C=O) groups excluding carboxylic acids is 1. The smallest absolute Gasteiger partial charge is 0.247 e. The van der Waals surface area contributed by atoms with Crippen LogP contribution in [-0.2, 0) is 4.79 Å². The second kappa shape index (κ2) is 4.77. The highest BCUT2D eigenvalue weighted by Crippen LogP contribution is 2.45. The lowest BCUT2D eigenvalue weighted by Crippen LogP contribution is -2.58. The third-order valence-electron chi connectivity index (χ3n) is 5.36. The number of fused-ring (bicyclic) bond motifs is 5. The summed E-state index contributed by atoms with van der Waals surface area (Å²) in [5, 5.41) is 12.3. The number of anilines is 2. The molecule has 1 amide bonds. The van der Waals surface area contributed by atoms with Crippen molar-refractivity contribution in [1.29, 1.82) is 5.26 Å². The second-order valence-electron chi connectivity index (χ2n) is 6.41. The molecule has 4 heteroatoms. The minimum atomic E-state index is -0.0502. The van der Waals surface area contributed by atoms with Gasteiger partial charge in [0.2, 0.25) is 5.91 Å². The van der Waals surface area contributed by atoms with Crippen molar-refractivity contribution in [2.75, 3.05) is 10.2 Å². The average Bonchev–Trinajstić information content (AvgIpc) is 2.54. The van der Waals surface area contributed by atoms with Gasteiger partial charge in [0.25, 0.3) is 0 Å². The summed E-state index contributed by atoms with van der Waals surface area (Å²) in [6.45, 7) is 0. The Morgan fingerprint density at radius 3 is 2.90 bits per heavy atom. The zero-order chi connectivity index (χ0) is 14.4. The number of piperidine rings is 1. The summed E-state index contributed by atoms with van der Waals surface area (Å²) in [5.74, 6) is 0.772. The molecule has 108 valence electrons. The normalized spacial score (nSPS) is 30.5. The molecule has 0 aromatic heterocycles. The average molecular weight is 281 g/mol. The molecule has 2 aliphatic heterocycles. The van der Waals surface area contributed by atoms with Crippen LogP contribution in [0.15, 0.2) is 18.2 Å². The molecule has 4 rings (SSSR count). The van der Waals surface area contributed by atoms with Crippen LogP contribution >= 0.6 is 0 Å². The Balaban J connectivity index is 1.83. The van der Waals surface area contributed by atoms with Gasteiger partial charge in [-0.15, -0.1) is 0 Å². The van der Waals surface area contributed by atoms with Gasteiger partial charge in [0.1, 0.15) is 12.1 Å². The zero-order valence-corrected chi connectivity index (χ0v) is 12.0. The van der Waals surface area contributed by atoms with Crippen LogP contribution in [0.1, 0.15) is 44.1 Å². The van der Waals surface area contributed by atoms with Gasteiger partial charge in [-0.2, -0.15) is 5.26 Å². The first-order chi connectivity index (χ1) is 10.3. The molecule has 3 aliphatic rings.